The minimum absolute atomic E-state index is 0.0401. The average Bonchev–Trinajstić information content (AvgIpc) is 3.01. The van der Waals surface area contributed by atoms with Crippen LogP contribution in [-0.4, -0.2) is 55.9 Å². The van der Waals surface area contributed by atoms with Crippen LogP contribution in [-0.2, 0) is 20.2 Å². The Morgan fingerprint density at radius 2 is 1.97 bits per heavy atom. The van der Waals surface area contributed by atoms with Crippen molar-refractivity contribution >= 4 is 38.2 Å². The molecule has 3 heterocycles. The number of carbonyl (C=O) groups excluding carboxylic acids is 1. The molecular weight excluding hydrogens is 456 g/mol. The van der Waals surface area contributed by atoms with Gasteiger partial charge in [-0.25, -0.2) is 13.4 Å². The van der Waals surface area contributed by atoms with Gasteiger partial charge in [-0.15, -0.1) is 0 Å². The van der Waals surface area contributed by atoms with Crippen molar-refractivity contribution in [1.29, 1.82) is 0 Å². The molecule has 178 valence electrons. The number of carbonyl (C=O) groups is 1. The molecule has 0 saturated heterocycles. The van der Waals surface area contributed by atoms with Crippen LogP contribution < -0.4 is 14.4 Å². The molecule has 1 aliphatic heterocycles. The van der Waals surface area contributed by atoms with Crippen LogP contribution in [0.3, 0.4) is 0 Å². The fraction of sp³-hybridized carbons (Fsp3) is 0.375. The Bertz CT molecular complexity index is 1400. The second-order valence-corrected chi connectivity index (χ2v) is 10.7. The van der Waals surface area contributed by atoms with E-state index in [1.54, 1.807) is 30.4 Å². The molecule has 1 spiro atoms. The van der Waals surface area contributed by atoms with Crippen LogP contribution in [0.1, 0.15) is 31.2 Å². The van der Waals surface area contributed by atoms with Crippen LogP contribution in [0.4, 0.5) is 11.4 Å². The number of benzene rings is 1. The van der Waals surface area contributed by atoms with E-state index in [0.29, 0.717) is 12.0 Å². The van der Waals surface area contributed by atoms with Crippen molar-refractivity contribution in [2.24, 2.45) is 0 Å². The molecule has 2 aromatic heterocycles. The predicted octanol–water partition coefficient (Wildman–Crippen LogP) is 2.83. The van der Waals surface area contributed by atoms with Gasteiger partial charge in [-0.3, -0.25) is 14.5 Å². The number of nitrogens with zero attached hydrogens (tertiary/aromatic N) is 3. The summed E-state index contributed by atoms with van der Waals surface area (Å²) in [6.45, 7) is 0.167. The van der Waals surface area contributed by atoms with Gasteiger partial charge in [0, 0.05) is 42.8 Å². The molecule has 5 rings (SSSR count). The summed E-state index contributed by atoms with van der Waals surface area (Å²) in [4.78, 5) is 23.7. The number of anilines is 2. The number of hydrogen-bond acceptors (Lipinski definition) is 7. The second kappa shape index (κ2) is 8.21. The Kier molecular flexibility index (Phi) is 5.44. The van der Waals surface area contributed by atoms with Crippen molar-refractivity contribution in [3.8, 4) is 17.0 Å². The summed E-state index contributed by atoms with van der Waals surface area (Å²) in [7, 11) is -1.77. The van der Waals surface area contributed by atoms with E-state index >= 15 is 0 Å². The zero-order valence-electron chi connectivity index (χ0n) is 19.0. The molecule has 9 nitrogen and oxygen atoms in total. The van der Waals surface area contributed by atoms with Crippen LogP contribution in [0.15, 0.2) is 36.7 Å². The maximum absolute atomic E-state index is 13.1. The average molecular weight is 483 g/mol. The third-order valence-electron chi connectivity index (χ3n) is 6.63. The van der Waals surface area contributed by atoms with Gasteiger partial charge in [-0.05, 0) is 36.6 Å². The predicted molar refractivity (Wildman–Crippen MR) is 130 cm³/mol. The summed E-state index contributed by atoms with van der Waals surface area (Å²) < 4.78 is 31.9. The van der Waals surface area contributed by atoms with Gasteiger partial charge >= 0.3 is 0 Å². The lowest BCUT2D eigenvalue weighted by Gasteiger charge is -2.37. The fourth-order valence-electron chi connectivity index (χ4n) is 4.88. The number of fused-ring (bicyclic) bond motifs is 4. The Balaban J connectivity index is 1.61. The zero-order chi connectivity index (χ0) is 24.1. The van der Waals surface area contributed by atoms with E-state index in [-0.39, 0.29) is 30.7 Å². The van der Waals surface area contributed by atoms with E-state index in [0.717, 1.165) is 53.2 Å². The largest absolute Gasteiger partial charge is 0.476 e. The first-order chi connectivity index (χ1) is 16.2. The van der Waals surface area contributed by atoms with Gasteiger partial charge in [-0.1, -0.05) is 12.5 Å². The molecule has 34 heavy (non-hydrogen) atoms. The smallest absolute Gasteiger partial charge is 0.238 e. The number of sulfonamides is 1. The number of aliphatic hydroxyl groups is 1. The van der Waals surface area contributed by atoms with Gasteiger partial charge < -0.3 is 14.7 Å². The Morgan fingerprint density at radius 1 is 1.18 bits per heavy atom. The number of hydrogen-bond donors (Lipinski definition) is 2. The highest BCUT2D eigenvalue weighted by atomic mass is 32.2. The normalized spacial score (nSPS) is 16.6. The molecule has 0 radical (unpaired) electrons. The van der Waals surface area contributed by atoms with Gasteiger partial charge in [0.25, 0.3) is 0 Å². The third kappa shape index (κ3) is 3.67. The van der Waals surface area contributed by atoms with E-state index in [2.05, 4.69) is 14.7 Å². The standard InChI is InChI=1S/C24H26N4O5S/c1-28-20-14-25-18-6-5-15(11-17(18)21(20)24(23(28)30)7-3-8-24)16-12-19(27-34(2,31)32)22(26-13-16)33-10-4-9-29/h5-6,11-14,27,29H,3-4,7-10H2,1-2H3. The van der Waals surface area contributed by atoms with Gasteiger partial charge in [0.2, 0.25) is 21.8 Å². The molecule has 1 amide bonds. The summed E-state index contributed by atoms with van der Waals surface area (Å²) >= 11 is 0. The number of pyridine rings is 2. The fourth-order valence-corrected chi connectivity index (χ4v) is 5.43. The Labute approximate surface area is 197 Å². The number of likely N-dealkylation sites (N-methyl/N-ethyl adjacent to an activating group) is 1. The summed E-state index contributed by atoms with van der Waals surface area (Å²) in [5.74, 6) is 0.269. The number of nitrogens with one attached hydrogen (secondary N) is 1. The van der Waals surface area contributed by atoms with E-state index < -0.39 is 15.4 Å². The van der Waals surface area contributed by atoms with Crippen LogP contribution in [0, 0.1) is 0 Å². The van der Waals surface area contributed by atoms with E-state index in [1.165, 1.54) is 0 Å². The molecule has 3 aromatic rings. The lowest BCUT2D eigenvalue weighted by molar-refractivity contribution is -0.125. The van der Waals surface area contributed by atoms with Crippen molar-refractivity contribution < 1.29 is 23.1 Å². The molecule has 1 aromatic carbocycles. The van der Waals surface area contributed by atoms with Crippen LogP contribution in [0.2, 0.25) is 0 Å². The molecule has 1 saturated carbocycles. The Morgan fingerprint density at radius 3 is 2.65 bits per heavy atom. The lowest BCUT2D eigenvalue weighted by Crippen LogP contribution is -2.43. The summed E-state index contributed by atoms with van der Waals surface area (Å²) in [5, 5.41) is 9.92. The molecule has 0 unspecified atom stereocenters. The monoisotopic (exact) mass is 482 g/mol. The van der Waals surface area contributed by atoms with E-state index in [9.17, 15) is 13.2 Å². The molecule has 10 heteroatoms. The first-order valence-corrected chi connectivity index (χ1v) is 13.1. The maximum Gasteiger partial charge on any atom is 0.238 e. The summed E-state index contributed by atoms with van der Waals surface area (Å²) in [5.41, 5.74) is 3.95. The lowest BCUT2D eigenvalue weighted by atomic mass is 9.64. The van der Waals surface area contributed by atoms with Crippen molar-refractivity contribution in [3.05, 3.63) is 42.2 Å². The topological polar surface area (TPSA) is 122 Å². The molecule has 2 aliphatic rings. The Hall–Kier alpha value is -3.24. The molecule has 0 bridgehead atoms. The van der Waals surface area contributed by atoms with Crippen LogP contribution >= 0.6 is 0 Å². The SMILES string of the molecule is CN1C(=O)C2(CCC2)c2c1cnc1ccc(-c3cnc(OCCCO)c(NS(C)(=O)=O)c3)cc21. The van der Waals surface area contributed by atoms with Crippen molar-refractivity contribution in [2.75, 3.05) is 36.1 Å². The number of ether oxygens (including phenoxy) is 1. The van der Waals surface area contributed by atoms with Crippen LogP contribution in [0.5, 0.6) is 5.88 Å². The van der Waals surface area contributed by atoms with E-state index in [1.807, 2.05) is 18.2 Å². The van der Waals surface area contributed by atoms with Crippen molar-refractivity contribution in [2.45, 2.75) is 31.1 Å². The highest BCUT2D eigenvalue weighted by Crippen LogP contribution is 2.55. The third-order valence-corrected chi connectivity index (χ3v) is 7.22. The second-order valence-electron chi connectivity index (χ2n) is 8.93. The first kappa shape index (κ1) is 22.5. The van der Waals surface area contributed by atoms with E-state index in [4.69, 9.17) is 9.84 Å². The summed E-state index contributed by atoms with van der Waals surface area (Å²) in [6, 6.07) is 7.50. The minimum Gasteiger partial charge on any atom is -0.476 e. The highest BCUT2D eigenvalue weighted by Gasteiger charge is 2.54. The zero-order valence-corrected chi connectivity index (χ0v) is 19.9. The van der Waals surface area contributed by atoms with Gasteiger partial charge in [0.05, 0.1) is 35.7 Å². The number of aromatic nitrogens is 2. The van der Waals surface area contributed by atoms with Gasteiger partial charge in [0.15, 0.2) is 0 Å². The molecule has 2 N–H and O–H groups in total. The quantitative estimate of drug-likeness (QED) is 0.497. The van der Waals surface area contributed by atoms with Crippen LogP contribution in [0.25, 0.3) is 22.0 Å². The van der Waals surface area contributed by atoms with Crippen molar-refractivity contribution in [1.82, 2.24) is 9.97 Å². The maximum atomic E-state index is 13.1. The number of rotatable bonds is 7. The number of aliphatic hydroxyl groups excluding tert-OH is 1. The van der Waals surface area contributed by atoms with Gasteiger partial charge in [0.1, 0.15) is 5.69 Å². The first-order valence-electron chi connectivity index (χ1n) is 11.2. The minimum atomic E-state index is -3.57. The number of amides is 1. The van der Waals surface area contributed by atoms with Gasteiger partial charge in [-0.2, -0.15) is 0 Å². The molecular formula is C24H26N4O5S. The molecule has 1 aliphatic carbocycles. The van der Waals surface area contributed by atoms with Crippen molar-refractivity contribution in [3.63, 3.8) is 0 Å². The highest BCUT2D eigenvalue weighted by molar-refractivity contribution is 7.92. The molecule has 0 atom stereocenters. The summed E-state index contributed by atoms with van der Waals surface area (Å²) in [6.07, 6.45) is 7.54. The molecule has 1 fully saturated rings.